The van der Waals surface area contributed by atoms with E-state index in [0.29, 0.717) is 25.7 Å². The molecule has 0 aliphatic carbocycles. The molecular formula is C16H27NO2. The average molecular weight is 265 g/mol. The Morgan fingerprint density at radius 1 is 1.16 bits per heavy atom. The van der Waals surface area contributed by atoms with E-state index in [1.807, 2.05) is 0 Å². The van der Waals surface area contributed by atoms with Crippen LogP contribution in [0.1, 0.15) is 37.3 Å². The van der Waals surface area contributed by atoms with Gasteiger partial charge in [-0.1, -0.05) is 38.1 Å². The largest absolute Gasteiger partial charge is 0.382 e. The third-order valence-corrected chi connectivity index (χ3v) is 3.13. The first-order chi connectivity index (χ1) is 9.27. The fourth-order valence-electron chi connectivity index (χ4n) is 1.89. The Balaban J connectivity index is 2.33. The number of ether oxygens (including phenoxy) is 2. The Kier molecular flexibility index (Phi) is 8.47. The summed E-state index contributed by atoms with van der Waals surface area (Å²) in [6.07, 6.45) is 1.18. The van der Waals surface area contributed by atoms with Crippen LogP contribution in [-0.4, -0.2) is 33.4 Å². The summed E-state index contributed by atoms with van der Waals surface area (Å²) >= 11 is 0. The number of hydrogen-bond donors (Lipinski definition) is 1. The zero-order valence-corrected chi connectivity index (χ0v) is 12.4. The zero-order valence-electron chi connectivity index (χ0n) is 12.4. The maximum Gasteiger partial charge on any atom is 0.0718 e. The molecule has 3 heteroatoms. The standard InChI is InChI=1S/C16H27NO2/c1-4-9-17-12-14(2)16-7-5-15(6-8-16)13-19-11-10-18-3/h5-8,14,17H,4,9-13H2,1-3H3. The second kappa shape index (κ2) is 9.96. The van der Waals surface area contributed by atoms with Gasteiger partial charge >= 0.3 is 0 Å². The monoisotopic (exact) mass is 265 g/mol. The van der Waals surface area contributed by atoms with Crippen LogP contribution in [-0.2, 0) is 16.1 Å². The molecule has 0 saturated heterocycles. The molecule has 0 spiro atoms. The summed E-state index contributed by atoms with van der Waals surface area (Å²) < 4.78 is 10.4. The van der Waals surface area contributed by atoms with Crippen molar-refractivity contribution in [3.8, 4) is 0 Å². The topological polar surface area (TPSA) is 30.5 Å². The van der Waals surface area contributed by atoms with E-state index in [-0.39, 0.29) is 0 Å². The quantitative estimate of drug-likeness (QED) is 0.660. The Morgan fingerprint density at radius 3 is 2.53 bits per heavy atom. The van der Waals surface area contributed by atoms with Crippen LogP contribution < -0.4 is 5.32 Å². The zero-order chi connectivity index (χ0) is 13.9. The van der Waals surface area contributed by atoms with Crippen molar-refractivity contribution in [2.24, 2.45) is 0 Å². The molecule has 1 unspecified atom stereocenters. The van der Waals surface area contributed by atoms with Gasteiger partial charge in [-0.25, -0.2) is 0 Å². The molecule has 3 nitrogen and oxygen atoms in total. The molecule has 0 radical (unpaired) electrons. The Bertz CT molecular complexity index is 324. The van der Waals surface area contributed by atoms with Crippen LogP contribution in [0.15, 0.2) is 24.3 Å². The molecule has 0 bridgehead atoms. The predicted octanol–water partition coefficient (Wildman–Crippen LogP) is 2.95. The van der Waals surface area contributed by atoms with Crippen molar-refractivity contribution in [3.63, 3.8) is 0 Å². The smallest absolute Gasteiger partial charge is 0.0718 e. The summed E-state index contributed by atoms with van der Waals surface area (Å²) in [5.41, 5.74) is 2.60. The van der Waals surface area contributed by atoms with Gasteiger partial charge in [0.05, 0.1) is 19.8 Å². The highest BCUT2D eigenvalue weighted by Crippen LogP contribution is 2.15. The lowest BCUT2D eigenvalue weighted by Gasteiger charge is -2.13. The number of methoxy groups -OCH3 is 1. The summed E-state index contributed by atoms with van der Waals surface area (Å²) in [4.78, 5) is 0. The maximum absolute atomic E-state index is 5.50. The van der Waals surface area contributed by atoms with Gasteiger partial charge in [-0.3, -0.25) is 0 Å². The van der Waals surface area contributed by atoms with Crippen molar-refractivity contribution < 1.29 is 9.47 Å². The Hall–Kier alpha value is -0.900. The van der Waals surface area contributed by atoms with Crippen LogP contribution >= 0.6 is 0 Å². The molecular weight excluding hydrogens is 238 g/mol. The first-order valence-corrected chi connectivity index (χ1v) is 7.14. The van der Waals surface area contributed by atoms with Crippen LogP contribution in [0.2, 0.25) is 0 Å². The van der Waals surface area contributed by atoms with Crippen LogP contribution in [0.25, 0.3) is 0 Å². The van der Waals surface area contributed by atoms with Gasteiger partial charge in [-0.05, 0) is 30.0 Å². The predicted molar refractivity (Wildman–Crippen MR) is 79.5 cm³/mol. The van der Waals surface area contributed by atoms with E-state index in [1.165, 1.54) is 17.5 Å². The van der Waals surface area contributed by atoms with Gasteiger partial charge in [-0.2, -0.15) is 0 Å². The number of nitrogens with one attached hydrogen (secondary N) is 1. The molecule has 0 aliphatic heterocycles. The molecule has 0 aliphatic rings. The molecule has 1 aromatic carbocycles. The van der Waals surface area contributed by atoms with E-state index in [4.69, 9.17) is 9.47 Å². The molecule has 0 aromatic heterocycles. The second-order valence-electron chi connectivity index (χ2n) is 4.89. The summed E-state index contributed by atoms with van der Waals surface area (Å²) in [7, 11) is 1.69. The highest BCUT2D eigenvalue weighted by atomic mass is 16.5. The van der Waals surface area contributed by atoms with Gasteiger partial charge < -0.3 is 14.8 Å². The lowest BCUT2D eigenvalue weighted by Crippen LogP contribution is -2.20. The van der Waals surface area contributed by atoms with Crippen molar-refractivity contribution in [2.75, 3.05) is 33.4 Å². The Labute approximate surface area is 117 Å². The van der Waals surface area contributed by atoms with Crippen LogP contribution in [0, 0.1) is 0 Å². The minimum absolute atomic E-state index is 0.551. The Morgan fingerprint density at radius 2 is 1.89 bits per heavy atom. The summed E-state index contributed by atoms with van der Waals surface area (Å²) in [6.45, 7) is 8.54. The van der Waals surface area contributed by atoms with Crippen molar-refractivity contribution >= 4 is 0 Å². The number of rotatable bonds is 10. The summed E-state index contributed by atoms with van der Waals surface area (Å²) in [5.74, 6) is 0.551. The van der Waals surface area contributed by atoms with E-state index >= 15 is 0 Å². The van der Waals surface area contributed by atoms with Crippen LogP contribution in [0.5, 0.6) is 0 Å². The minimum Gasteiger partial charge on any atom is -0.382 e. The molecule has 1 atom stereocenters. The number of hydrogen-bond acceptors (Lipinski definition) is 3. The van der Waals surface area contributed by atoms with Gasteiger partial charge in [0.15, 0.2) is 0 Å². The average Bonchev–Trinajstić information content (AvgIpc) is 2.44. The van der Waals surface area contributed by atoms with E-state index in [1.54, 1.807) is 7.11 Å². The van der Waals surface area contributed by atoms with E-state index in [9.17, 15) is 0 Å². The van der Waals surface area contributed by atoms with Gasteiger partial charge in [0.25, 0.3) is 0 Å². The summed E-state index contributed by atoms with van der Waals surface area (Å²) in [6, 6.07) is 8.71. The van der Waals surface area contributed by atoms with E-state index < -0.39 is 0 Å². The van der Waals surface area contributed by atoms with Gasteiger partial charge in [0.1, 0.15) is 0 Å². The van der Waals surface area contributed by atoms with E-state index in [0.717, 1.165) is 13.1 Å². The lowest BCUT2D eigenvalue weighted by molar-refractivity contribution is 0.0616. The molecule has 1 aromatic rings. The van der Waals surface area contributed by atoms with Crippen molar-refractivity contribution in [1.82, 2.24) is 5.32 Å². The number of benzene rings is 1. The van der Waals surface area contributed by atoms with E-state index in [2.05, 4.69) is 43.4 Å². The second-order valence-corrected chi connectivity index (χ2v) is 4.89. The van der Waals surface area contributed by atoms with Gasteiger partial charge in [0.2, 0.25) is 0 Å². The third kappa shape index (κ3) is 6.71. The maximum atomic E-state index is 5.50. The summed E-state index contributed by atoms with van der Waals surface area (Å²) in [5, 5.41) is 3.46. The first kappa shape index (κ1) is 16.2. The lowest BCUT2D eigenvalue weighted by atomic mass is 10.00. The molecule has 0 heterocycles. The molecule has 19 heavy (non-hydrogen) atoms. The van der Waals surface area contributed by atoms with Crippen LogP contribution in [0.3, 0.4) is 0 Å². The molecule has 0 saturated carbocycles. The molecule has 0 amide bonds. The van der Waals surface area contributed by atoms with Crippen molar-refractivity contribution in [2.45, 2.75) is 32.8 Å². The third-order valence-electron chi connectivity index (χ3n) is 3.13. The normalized spacial score (nSPS) is 12.6. The first-order valence-electron chi connectivity index (χ1n) is 7.14. The molecule has 108 valence electrons. The highest BCUT2D eigenvalue weighted by molar-refractivity contribution is 5.24. The van der Waals surface area contributed by atoms with Crippen molar-refractivity contribution in [3.05, 3.63) is 35.4 Å². The fourth-order valence-corrected chi connectivity index (χ4v) is 1.89. The van der Waals surface area contributed by atoms with Gasteiger partial charge in [-0.15, -0.1) is 0 Å². The fraction of sp³-hybridized carbons (Fsp3) is 0.625. The highest BCUT2D eigenvalue weighted by Gasteiger charge is 2.04. The molecule has 1 rings (SSSR count). The molecule has 1 N–H and O–H groups in total. The van der Waals surface area contributed by atoms with Crippen LogP contribution in [0.4, 0.5) is 0 Å². The SMILES string of the molecule is CCCNCC(C)c1ccc(COCCOC)cc1. The van der Waals surface area contributed by atoms with Gasteiger partial charge in [0, 0.05) is 13.7 Å². The van der Waals surface area contributed by atoms with Crippen molar-refractivity contribution in [1.29, 1.82) is 0 Å². The minimum atomic E-state index is 0.551. The molecule has 0 fully saturated rings.